The number of benzene rings is 2. The van der Waals surface area contributed by atoms with Crippen LogP contribution in [0.5, 0.6) is 5.75 Å². The third-order valence-electron chi connectivity index (χ3n) is 6.61. The fourth-order valence-corrected chi connectivity index (χ4v) is 4.90. The number of anilines is 1. The van der Waals surface area contributed by atoms with Crippen molar-refractivity contribution in [2.24, 2.45) is 0 Å². The Morgan fingerprint density at radius 2 is 1.92 bits per heavy atom. The van der Waals surface area contributed by atoms with Gasteiger partial charge in [-0.15, -0.1) is 0 Å². The van der Waals surface area contributed by atoms with E-state index in [1.165, 1.54) is 0 Å². The molecular formula is C28H31ClN4O4. The van der Waals surface area contributed by atoms with Crippen molar-refractivity contribution in [1.29, 1.82) is 5.26 Å². The number of hydrogen-bond donors (Lipinski definition) is 3. The number of hydrogen-bond acceptors (Lipinski definition) is 8. The Hall–Kier alpha value is -3.19. The first-order valence-corrected chi connectivity index (χ1v) is 12.5. The molecule has 3 N–H and O–H groups in total. The van der Waals surface area contributed by atoms with Crippen molar-refractivity contribution in [3.63, 3.8) is 0 Å². The largest absolute Gasteiger partial charge is 0.491 e. The molecule has 3 aromatic rings. The van der Waals surface area contributed by atoms with E-state index in [4.69, 9.17) is 21.4 Å². The van der Waals surface area contributed by atoms with Crippen molar-refractivity contribution in [2.75, 3.05) is 44.3 Å². The minimum absolute atomic E-state index is 0.0939. The second-order valence-electron chi connectivity index (χ2n) is 9.33. The Balaban J connectivity index is 1.62. The summed E-state index contributed by atoms with van der Waals surface area (Å²) in [7, 11) is 0. The van der Waals surface area contributed by atoms with Gasteiger partial charge >= 0.3 is 0 Å². The van der Waals surface area contributed by atoms with Crippen molar-refractivity contribution in [1.82, 2.24) is 9.88 Å². The number of β-amino-alcohol motifs (C(OH)–C–C–N with tert-alkyl or cyclic N) is 1. The second-order valence-corrected chi connectivity index (χ2v) is 9.76. The molecule has 0 saturated carbocycles. The summed E-state index contributed by atoms with van der Waals surface area (Å²) in [6.07, 6.45) is 1.60. The highest BCUT2D eigenvalue weighted by Gasteiger charge is 2.34. The quantitative estimate of drug-likeness (QED) is 0.392. The zero-order chi connectivity index (χ0) is 26.4. The first kappa shape index (κ1) is 26.9. The lowest BCUT2D eigenvalue weighted by Crippen LogP contribution is -2.52. The van der Waals surface area contributed by atoms with Crippen LogP contribution in [-0.4, -0.2) is 64.6 Å². The molecule has 1 aliphatic rings. The SMILES string of the molecule is C[C@@](O)(CN1CCN(c2ccc(OCCO)cc2C#N)[C@H](c2ccc(Cl)cc2)C1)c1ccnc(CO)c1. The highest BCUT2D eigenvalue weighted by atomic mass is 35.5. The topological polar surface area (TPSA) is 113 Å². The summed E-state index contributed by atoms with van der Waals surface area (Å²) >= 11 is 6.16. The molecule has 194 valence electrons. The summed E-state index contributed by atoms with van der Waals surface area (Å²) in [5.41, 5.74) is 2.39. The Labute approximate surface area is 221 Å². The number of aliphatic hydroxyl groups is 3. The lowest BCUT2D eigenvalue weighted by Gasteiger charge is -2.45. The molecule has 0 spiro atoms. The van der Waals surface area contributed by atoms with E-state index in [1.807, 2.05) is 36.4 Å². The Morgan fingerprint density at radius 3 is 2.62 bits per heavy atom. The number of halogens is 1. The molecule has 0 radical (unpaired) electrons. The van der Waals surface area contributed by atoms with Crippen LogP contribution < -0.4 is 9.64 Å². The molecule has 1 saturated heterocycles. The van der Waals surface area contributed by atoms with Gasteiger partial charge in [0, 0.05) is 37.4 Å². The predicted molar refractivity (Wildman–Crippen MR) is 141 cm³/mol. The predicted octanol–water partition coefficient (Wildman–Crippen LogP) is 3.24. The molecule has 1 aromatic heterocycles. The van der Waals surface area contributed by atoms with Crippen LogP contribution >= 0.6 is 11.6 Å². The molecule has 8 nitrogen and oxygen atoms in total. The first-order valence-electron chi connectivity index (χ1n) is 12.2. The summed E-state index contributed by atoms with van der Waals surface area (Å²) in [5.74, 6) is 0.534. The van der Waals surface area contributed by atoms with E-state index in [1.54, 1.807) is 31.3 Å². The molecule has 37 heavy (non-hydrogen) atoms. The van der Waals surface area contributed by atoms with Gasteiger partial charge in [0.1, 0.15) is 18.4 Å². The van der Waals surface area contributed by atoms with Gasteiger partial charge < -0.3 is 25.0 Å². The second kappa shape index (κ2) is 11.9. The zero-order valence-corrected chi connectivity index (χ0v) is 21.5. The molecule has 0 amide bonds. The number of nitriles is 1. The van der Waals surface area contributed by atoms with Gasteiger partial charge in [0.25, 0.3) is 0 Å². The maximum atomic E-state index is 11.4. The van der Waals surface area contributed by atoms with Crippen molar-refractivity contribution >= 4 is 17.3 Å². The highest BCUT2D eigenvalue weighted by Crippen LogP contribution is 2.36. The molecule has 1 aliphatic heterocycles. The summed E-state index contributed by atoms with van der Waals surface area (Å²) in [5, 5.41) is 40.4. The third-order valence-corrected chi connectivity index (χ3v) is 6.86. The van der Waals surface area contributed by atoms with Crippen LogP contribution in [0.1, 0.15) is 35.3 Å². The number of aliphatic hydroxyl groups excluding tert-OH is 2. The molecule has 0 aliphatic carbocycles. The third kappa shape index (κ3) is 6.39. The number of pyridine rings is 1. The maximum absolute atomic E-state index is 11.4. The average Bonchev–Trinajstić information content (AvgIpc) is 2.92. The summed E-state index contributed by atoms with van der Waals surface area (Å²) in [6.45, 7) is 3.95. The molecule has 0 bridgehead atoms. The Kier molecular flexibility index (Phi) is 8.64. The number of rotatable bonds is 9. The van der Waals surface area contributed by atoms with Crippen molar-refractivity contribution in [3.05, 3.63) is 88.2 Å². The van der Waals surface area contributed by atoms with E-state index in [0.29, 0.717) is 53.8 Å². The van der Waals surface area contributed by atoms with E-state index in [9.17, 15) is 15.5 Å². The summed E-state index contributed by atoms with van der Waals surface area (Å²) in [4.78, 5) is 8.54. The van der Waals surface area contributed by atoms with Crippen molar-refractivity contribution in [3.8, 4) is 11.8 Å². The van der Waals surface area contributed by atoms with Crippen LogP contribution in [0.2, 0.25) is 5.02 Å². The van der Waals surface area contributed by atoms with E-state index >= 15 is 0 Å². The first-order chi connectivity index (χ1) is 17.8. The Morgan fingerprint density at radius 1 is 1.14 bits per heavy atom. The lowest BCUT2D eigenvalue weighted by atomic mass is 9.93. The number of piperazine rings is 1. The highest BCUT2D eigenvalue weighted by molar-refractivity contribution is 6.30. The summed E-state index contributed by atoms with van der Waals surface area (Å²) in [6, 6.07) is 18.8. The number of aromatic nitrogens is 1. The van der Waals surface area contributed by atoms with E-state index in [-0.39, 0.29) is 25.9 Å². The van der Waals surface area contributed by atoms with E-state index in [0.717, 1.165) is 11.3 Å². The molecular weight excluding hydrogens is 492 g/mol. The average molecular weight is 523 g/mol. The van der Waals surface area contributed by atoms with Gasteiger partial charge in [-0.3, -0.25) is 9.88 Å². The molecule has 2 heterocycles. The summed E-state index contributed by atoms with van der Waals surface area (Å²) < 4.78 is 5.50. The van der Waals surface area contributed by atoms with Gasteiger partial charge in [-0.1, -0.05) is 23.7 Å². The van der Waals surface area contributed by atoms with Crippen LogP contribution in [0.25, 0.3) is 0 Å². The Bertz CT molecular complexity index is 1250. The lowest BCUT2D eigenvalue weighted by molar-refractivity contribution is 0.0101. The fraction of sp³-hybridized carbons (Fsp3) is 0.357. The van der Waals surface area contributed by atoms with Gasteiger partial charge in [-0.05, 0) is 60.5 Å². The molecule has 4 rings (SSSR count). The molecule has 1 fully saturated rings. The van der Waals surface area contributed by atoms with E-state index < -0.39 is 5.60 Å². The normalized spacial score (nSPS) is 17.7. The van der Waals surface area contributed by atoms with Crippen LogP contribution in [0.4, 0.5) is 5.69 Å². The number of nitrogens with zero attached hydrogens (tertiary/aromatic N) is 4. The fourth-order valence-electron chi connectivity index (χ4n) is 4.78. The van der Waals surface area contributed by atoms with E-state index in [2.05, 4.69) is 20.9 Å². The van der Waals surface area contributed by atoms with Gasteiger partial charge in [0.15, 0.2) is 0 Å². The van der Waals surface area contributed by atoms with Crippen molar-refractivity contribution < 1.29 is 20.1 Å². The number of ether oxygens (including phenoxy) is 1. The monoisotopic (exact) mass is 522 g/mol. The van der Waals surface area contributed by atoms with Gasteiger partial charge in [0.2, 0.25) is 0 Å². The maximum Gasteiger partial charge on any atom is 0.120 e. The van der Waals surface area contributed by atoms with Gasteiger partial charge in [-0.25, -0.2) is 0 Å². The van der Waals surface area contributed by atoms with Crippen molar-refractivity contribution in [2.45, 2.75) is 25.2 Å². The zero-order valence-electron chi connectivity index (χ0n) is 20.7. The minimum atomic E-state index is -1.15. The standard InChI is InChI=1S/C28H31ClN4O4/c1-28(36,22-8-9-31-24(15-22)18-35)19-32-10-11-33(27(17-32)20-2-4-23(29)5-3-20)26-7-6-25(37-13-12-34)14-21(26)16-30/h2-9,14-15,27,34-36H,10-13,17-19H2,1H3/t27-,28+/m0/s1. The molecule has 2 aromatic carbocycles. The smallest absolute Gasteiger partial charge is 0.120 e. The molecule has 9 heteroatoms. The van der Waals surface area contributed by atoms with Gasteiger partial charge in [-0.2, -0.15) is 5.26 Å². The minimum Gasteiger partial charge on any atom is -0.491 e. The van der Waals surface area contributed by atoms with Crippen LogP contribution in [0, 0.1) is 11.3 Å². The van der Waals surface area contributed by atoms with Gasteiger partial charge in [0.05, 0.1) is 41.8 Å². The van der Waals surface area contributed by atoms with Crippen LogP contribution in [0.15, 0.2) is 60.8 Å². The molecule has 0 unspecified atom stereocenters. The van der Waals surface area contributed by atoms with Crippen LogP contribution in [-0.2, 0) is 12.2 Å². The van der Waals surface area contributed by atoms with Crippen LogP contribution in [0.3, 0.4) is 0 Å². The molecule has 2 atom stereocenters.